The van der Waals surface area contributed by atoms with Crippen molar-refractivity contribution in [3.8, 4) is 11.5 Å². The summed E-state index contributed by atoms with van der Waals surface area (Å²) in [5.41, 5.74) is 1.02. The Morgan fingerprint density at radius 2 is 1.64 bits per heavy atom. The Hall–Kier alpha value is -3.02. The highest BCUT2D eigenvalue weighted by atomic mass is 16.5. The van der Waals surface area contributed by atoms with Crippen LogP contribution in [0, 0.1) is 0 Å². The van der Waals surface area contributed by atoms with Gasteiger partial charge >= 0.3 is 0 Å². The van der Waals surface area contributed by atoms with Crippen molar-refractivity contribution in [2.24, 2.45) is 0 Å². The molecule has 0 unspecified atom stereocenters. The van der Waals surface area contributed by atoms with Crippen molar-refractivity contribution in [3.05, 3.63) is 60.2 Å². The molecule has 2 aromatic carbocycles. The van der Waals surface area contributed by atoms with Gasteiger partial charge in [-0.05, 0) is 30.2 Å². The van der Waals surface area contributed by atoms with E-state index in [1.165, 1.54) is 0 Å². The van der Waals surface area contributed by atoms with Crippen molar-refractivity contribution < 1.29 is 19.1 Å². The van der Waals surface area contributed by atoms with Gasteiger partial charge in [0.25, 0.3) is 5.91 Å². The van der Waals surface area contributed by atoms with E-state index >= 15 is 0 Å². The average Bonchev–Trinajstić information content (AvgIpc) is 2.66. The minimum Gasteiger partial charge on any atom is -0.496 e. The molecule has 0 saturated heterocycles. The maximum absolute atomic E-state index is 11.8. The van der Waals surface area contributed by atoms with Crippen LogP contribution in [-0.4, -0.2) is 38.6 Å². The molecule has 0 fully saturated rings. The van der Waals surface area contributed by atoms with Crippen molar-refractivity contribution in [1.82, 2.24) is 10.6 Å². The van der Waals surface area contributed by atoms with Gasteiger partial charge in [-0.15, -0.1) is 0 Å². The smallest absolute Gasteiger partial charge is 0.258 e. The van der Waals surface area contributed by atoms with Crippen molar-refractivity contribution in [2.45, 2.75) is 6.42 Å². The van der Waals surface area contributed by atoms with Crippen LogP contribution in [-0.2, 0) is 16.0 Å². The molecule has 2 rings (SSSR count). The number of hydrogen-bond acceptors (Lipinski definition) is 4. The van der Waals surface area contributed by atoms with Gasteiger partial charge in [0.1, 0.15) is 11.5 Å². The molecule has 132 valence electrons. The lowest BCUT2D eigenvalue weighted by Crippen LogP contribution is -2.39. The summed E-state index contributed by atoms with van der Waals surface area (Å²) in [4.78, 5) is 23.4. The van der Waals surface area contributed by atoms with Gasteiger partial charge in [0.2, 0.25) is 5.91 Å². The Kier molecular flexibility index (Phi) is 7.31. The van der Waals surface area contributed by atoms with Gasteiger partial charge in [0.05, 0.1) is 13.7 Å². The van der Waals surface area contributed by atoms with Crippen molar-refractivity contribution in [1.29, 1.82) is 0 Å². The number of amides is 2. The lowest BCUT2D eigenvalue weighted by atomic mass is 10.1. The zero-order valence-electron chi connectivity index (χ0n) is 14.2. The molecule has 0 aliphatic heterocycles. The first kappa shape index (κ1) is 18.3. The summed E-state index contributed by atoms with van der Waals surface area (Å²) in [6.45, 7) is 0.261. The highest BCUT2D eigenvalue weighted by Gasteiger charge is 2.07. The number of carbonyl (C=O) groups excluding carboxylic acids is 2. The summed E-state index contributed by atoms with van der Waals surface area (Å²) >= 11 is 0. The minimum atomic E-state index is -0.344. The second kappa shape index (κ2) is 9.97. The van der Waals surface area contributed by atoms with Crippen molar-refractivity contribution in [3.63, 3.8) is 0 Å². The van der Waals surface area contributed by atoms with E-state index in [1.54, 1.807) is 19.2 Å². The normalized spacial score (nSPS) is 9.96. The van der Waals surface area contributed by atoms with Crippen LogP contribution in [0.5, 0.6) is 11.5 Å². The van der Waals surface area contributed by atoms with E-state index in [0.717, 1.165) is 11.3 Å². The highest BCUT2D eigenvalue weighted by Crippen LogP contribution is 2.17. The van der Waals surface area contributed by atoms with Gasteiger partial charge in [0.15, 0.2) is 6.61 Å². The number of rotatable bonds is 9. The molecule has 0 radical (unpaired) electrons. The van der Waals surface area contributed by atoms with Crippen LogP contribution >= 0.6 is 0 Å². The number of methoxy groups -OCH3 is 1. The third-order valence-electron chi connectivity index (χ3n) is 3.47. The molecule has 0 atom stereocenters. The summed E-state index contributed by atoms with van der Waals surface area (Å²) in [5.74, 6) is 0.814. The van der Waals surface area contributed by atoms with Gasteiger partial charge in [-0.25, -0.2) is 0 Å². The molecule has 2 amide bonds. The molecular formula is C19H22N2O4. The van der Waals surface area contributed by atoms with Crippen LogP contribution in [0.3, 0.4) is 0 Å². The largest absolute Gasteiger partial charge is 0.496 e. The summed E-state index contributed by atoms with van der Waals surface area (Å²) in [5, 5.41) is 5.28. The van der Waals surface area contributed by atoms with Gasteiger partial charge in [0, 0.05) is 6.54 Å². The molecule has 0 heterocycles. The minimum absolute atomic E-state index is 0.0804. The van der Waals surface area contributed by atoms with Crippen molar-refractivity contribution in [2.75, 3.05) is 26.8 Å². The summed E-state index contributed by atoms with van der Waals surface area (Å²) in [6.07, 6.45) is 0.654. The summed E-state index contributed by atoms with van der Waals surface area (Å²) in [7, 11) is 1.62. The van der Waals surface area contributed by atoms with E-state index in [1.807, 2.05) is 42.5 Å². The Bertz CT molecular complexity index is 689. The van der Waals surface area contributed by atoms with Crippen molar-refractivity contribution >= 4 is 11.8 Å². The third kappa shape index (κ3) is 6.55. The van der Waals surface area contributed by atoms with E-state index < -0.39 is 0 Å². The van der Waals surface area contributed by atoms with Gasteiger partial charge in [-0.2, -0.15) is 0 Å². The molecule has 0 aliphatic rings. The van der Waals surface area contributed by atoms with E-state index in [2.05, 4.69) is 10.6 Å². The van der Waals surface area contributed by atoms with E-state index in [9.17, 15) is 9.59 Å². The number of hydrogen-bond donors (Lipinski definition) is 2. The fourth-order valence-corrected chi connectivity index (χ4v) is 2.20. The van der Waals surface area contributed by atoms with Gasteiger partial charge in [-0.1, -0.05) is 36.4 Å². The monoisotopic (exact) mass is 342 g/mol. The van der Waals surface area contributed by atoms with Crippen LogP contribution < -0.4 is 20.1 Å². The molecule has 6 heteroatoms. The predicted molar refractivity (Wildman–Crippen MR) is 94.7 cm³/mol. The zero-order valence-corrected chi connectivity index (χ0v) is 14.2. The second-order valence-corrected chi connectivity index (χ2v) is 5.29. The van der Waals surface area contributed by atoms with Gasteiger partial charge in [-0.3, -0.25) is 9.59 Å². The average molecular weight is 342 g/mol. The van der Waals surface area contributed by atoms with E-state index in [-0.39, 0.29) is 25.0 Å². The van der Waals surface area contributed by atoms with E-state index in [4.69, 9.17) is 9.47 Å². The maximum Gasteiger partial charge on any atom is 0.258 e. The molecular weight excluding hydrogens is 320 g/mol. The number of ether oxygens (including phenoxy) is 2. The fraction of sp³-hybridized carbons (Fsp3) is 0.263. The SMILES string of the molecule is COc1ccccc1CCNC(=O)CNC(=O)COc1ccccc1. The lowest BCUT2D eigenvalue weighted by Gasteiger charge is -2.10. The van der Waals surface area contributed by atoms with Crippen LogP contribution in [0.1, 0.15) is 5.56 Å². The summed E-state index contributed by atoms with van der Waals surface area (Å²) < 4.78 is 10.6. The molecule has 6 nitrogen and oxygen atoms in total. The van der Waals surface area contributed by atoms with Crippen LogP contribution in [0.4, 0.5) is 0 Å². The second-order valence-electron chi connectivity index (χ2n) is 5.29. The Morgan fingerprint density at radius 3 is 2.40 bits per heavy atom. The molecule has 0 aliphatic carbocycles. The summed E-state index contributed by atoms with van der Waals surface area (Å²) in [6, 6.07) is 16.7. The van der Waals surface area contributed by atoms with Crippen LogP contribution in [0.15, 0.2) is 54.6 Å². The first-order chi connectivity index (χ1) is 12.2. The number of nitrogens with one attached hydrogen (secondary N) is 2. The number of para-hydroxylation sites is 2. The predicted octanol–water partition coefficient (Wildman–Crippen LogP) is 1.55. The fourth-order valence-electron chi connectivity index (χ4n) is 2.20. The maximum atomic E-state index is 11.8. The quantitative estimate of drug-likeness (QED) is 0.725. The first-order valence-corrected chi connectivity index (χ1v) is 8.02. The Morgan fingerprint density at radius 1 is 0.920 bits per heavy atom. The molecule has 0 aromatic heterocycles. The van der Waals surface area contributed by atoms with E-state index in [0.29, 0.717) is 18.7 Å². The molecule has 2 aromatic rings. The topological polar surface area (TPSA) is 76.7 Å². The number of carbonyl (C=O) groups is 2. The van der Waals surface area contributed by atoms with Gasteiger partial charge < -0.3 is 20.1 Å². The lowest BCUT2D eigenvalue weighted by molar-refractivity contribution is -0.127. The molecule has 2 N–H and O–H groups in total. The third-order valence-corrected chi connectivity index (χ3v) is 3.47. The Balaban J connectivity index is 1.62. The first-order valence-electron chi connectivity index (χ1n) is 8.02. The molecule has 0 saturated carbocycles. The number of benzene rings is 2. The zero-order chi connectivity index (χ0) is 17.9. The van der Waals surface area contributed by atoms with Crippen LogP contribution in [0.25, 0.3) is 0 Å². The highest BCUT2D eigenvalue weighted by molar-refractivity contribution is 5.85. The standard InChI is InChI=1S/C19H22N2O4/c1-24-17-10-6-5-7-15(17)11-12-20-18(22)13-21-19(23)14-25-16-8-3-2-4-9-16/h2-10H,11-14H2,1H3,(H,20,22)(H,21,23). The molecule has 0 bridgehead atoms. The van der Waals surface area contributed by atoms with Crippen LogP contribution in [0.2, 0.25) is 0 Å². The molecule has 0 spiro atoms. The molecule has 25 heavy (non-hydrogen) atoms. The Labute approximate surface area is 147 Å².